The van der Waals surface area contributed by atoms with E-state index in [1.54, 1.807) is 19.4 Å². The number of benzene rings is 1. The first-order chi connectivity index (χ1) is 14.7. The van der Waals surface area contributed by atoms with Crippen molar-refractivity contribution in [1.29, 1.82) is 0 Å². The van der Waals surface area contributed by atoms with Crippen molar-refractivity contribution < 1.29 is 10.0 Å². The zero-order valence-corrected chi connectivity index (χ0v) is 17.4. The Morgan fingerprint density at radius 2 is 2.03 bits per heavy atom. The third kappa shape index (κ3) is 5.14. The molecule has 30 heavy (non-hydrogen) atoms. The van der Waals surface area contributed by atoms with Crippen molar-refractivity contribution in [2.45, 2.75) is 32.6 Å². The first-order valence-corrected chi connectivity index (χ1v) is 10.2. The molecule has 1 saturated carbocycles. The van der Waals surface area contributed by atoms with Crippen LogP contribution in [0.2, 0.25) is 0 Å². The van der Waals surface area contributed by atoms with E-state index in [2.05, 4.69) is 31.1 Å². The minimum atomic E-state index is -0.342. The Hall–Kier alpha value is -3.42. The number of urea groups is 1. The number of oxime groups is 1. The molecule has 1 aromatic carbocycles. The number of hydrogen-bond acceptors (Lipinski definition) is 5. The summed E-state index contributed by atoms with van der Waals surface area (Å²) < 4.78 is 0. The van der Waals surface area contributed by atoms with Crippen LogP contribution in [0.5, 0.6) is 0 Å². The number of aromatic nitrogens is 1. The van der Waals surface area contributed by atoms with Gasteiger partial charge in [-0.2, -0.15) is 0 Å². The minimum Gasteiger partial charge on any atom is -0.411 e. The second-order valence-corrected chi connectivity index (χ2v) is 7.15. The number of carbonyl (C=O) groups is 1. The highest BCUT2D eigenvalue weighted by molar-refractivity contribution is 6.11. The van der Waals surface area contributed by atoms with Crippen molar-refractivity contribution in [2.24, 2.45) is 16.1 Å². The van der Waals surface area contributed by atoms with Gasteiger partial charge in [-0.1, -0.05) is 30.1 Å². The van der Waals surface area contributed by atoms with E-state index in [-0.39, 0.29) is 11.9 Å². The number of pyridine rings is 1. The number of rotatable bonds is 5. The lowest BCUT2D eigenvalue weighted by Crippen LogP contribution is -2.42. The zero-order valence-electron chi connectivity index (χ0n) is 17.4. The summed E-state index contributed by atoms with van der Waals surface area (Å²) in [7, 11) is 1.59. The molecule has 0 atom stereocenters. The normalized spacial score (nSPS) is 15.1. The van der Waals surface area contributed by atoms with Crippen molar-refractivity contribution in [3.63, 3.8) is 0 Å². The van der Waals surface area contributed by atoms with Crippen LogP contribution in [0.15, 0.2) is 52.9 Å². The largest absolute Gasteiger partial charge is 0.411 e. The van der Waals surface area contributed by atoms with Crippen LogP contribution < -0.4 is 16.0 Å². The SMILES string of the molecule is CCNC(=O)NC(=NC)Nc1ccc(-c2cccnc2)cc1/C(=N/O)C1CCCC1. The summed E-state index contributed by atoms with van der Waals surface area (Å²) >= 11 is 0. The van der Waals surface area contributed by atoms with Crippen molar-refractivity contribution >= 4 is 23.4 Å². The molecular formula is C22H28N6O2. The van der Waals surface area contributed by atoms with Gasteiger partial charge in [-0.15, -0.1) is 0 Å². The predicted octanol–water partition coefficient (Wildman–Crippen LogP) is 3.83. The van der Waals surface area contributed by atoms with Crippen LogP contribution in [0, 0.1) is 5.92 Å². The van der Waals surface area contributed by atoms with E-state index in [0.717, 1.165) is 42.4 Å². The highest BCUT2D eigenvalue weighted by atomic mass is 16.4. The van der Waals surface area contributed by atoms with Crippen LogP contribution in [-0.4, -0.2) is 41.5 Å². The average Bonchev–Trinajstić information content (AvgIpc) is 3.30. The lowest BCUT2D eigenvalue weighted by atomic mass is 9.92. The Balaban J connectivity index is 1.98. The molecule has 8 nitrogen and oxygen atoms in total. The van der Waals surface area contributed by atoms with Gasteiger partial charge >= 0.3 is 6.03 Å². The van der Waals surface area contributed by atoms with Crippen LogP contribution >= 0.6 is 0 Å². The molecule has 0 bridgehead atoms. The molecule has 0 unspecified atom stereocenters. The topological polar surface area (TPSA) is 111 Å². The van der Waals surface area contributed by atoms with Gasteiger partial charge in [0.2, 0.25) is 5.96 Å². The number of guanidine groups is 1. The second-order valence-electron chi connectivity index (χ2n) is 7.15. The summed E-state index contributed by atoms with van der Waals surface area (Å²) in [5.74, 6) is 0.498. The van der Waals surface area contributed by atoms with Crippen LogP contribution in [0.1, 0.15) is 38.2 Å². The zero-order chi connectivity index (χ0) is 21.3. The van der Waals surface area contributed by atoms with Crippen molar-refractivity contribution in [1.82, 2.24) is 15.6 Å². The van der Waals surface area contributed by atoms with Gasteiger partial charge in [0.1, 0.15) is 0 Å². The first kappa shape index (κ1) is 21.3. The highest BCUT2D eigenvalue weighted by Gasteiger charge is 2.25. The monoisotopic (exact) mass is 408 g/mol. The maximum Gasteiger partial charge on any atom is 0.321 e. The van der Waals surface area contributed by atoms with Gasteiger partial charge in [-0.3, -0.25) is 15.3 Å². The van der Waals surface area contributed by atoms with E-state index in [0.29, 0.717) is 23.9 Å². The van der Waals surface area contributed by atoms with Gasteiger partial charge in [-0.05, 0) is 43.5 Å². The van der Waals surface area contributed by atoms with Crippen LogP contribution in [0.25, 0.3) is 11.1 Å². The summed E-state index contributed by atoms with van der Waals surface area (Å²) in [5, 5.41) is 22.1. The van der Waals surface area contributed by atoms with Gasteiger partial charge in [0.15, 0.2) is 0 Å². The van der Waals surface area contributed by atoms with Crippen LogP contribution in [0.3, 0.4) is 0 Å². The molecule has 1 aliphatic carbocycles. The Kier molecular flexibility index (Phi) is 7.37. The Bertz CT molecular complexity index is 920. The van der Waals surface area contributed by atoms with Gasteiger partial charge in [0.05, 0.1) is 11.4 Å². The van der Waals surface area contributed by atoms with Crippen LogP contribution in [0.4, 0.5) is 10.5 Å². The molecule has 0 spiro atoms. The maximum atomic E-state index is 11.9. The molecule has 8 heteroatoms. The molecule has 0 saturated heterocycles. The fourth-order valence-corrected chi connectivity index (χ4v) is 3.72. The summed E-state index contributed by atoms with van der Waals surface area (Å²) in [6, 6.07) is 9.39. The summed E-state index contributed by atoms with van der Waals surface area (Å²) in [6.07, 6.45) is 7.75. The van der Waals surface area contributed by atoms with Gasteiger partial charge in [0.25, 0.3) is 0 Å². The average molecular weight is 409 g/mol. The molecule has 4 N–H and O–H groups in total. The number of nitrogens with one attached hydrogen (secondary N) is 3. The smallest absolute Gasteiger partial charge is 0.321 e. The van der Waals surface area contributed by atoms with E-state index >= 15 is 0 Å². The van der Waals surface area contributed by atoms with E-state index in [4.69, 9.17) is 0 Å². The molecule has 1 heterocycles. The summed E-state index contributed by atoms with van der Waals surface area (Å²) in [6.45, 7) is 2.35. The fourth-order valence-electron chi connectivity index (χ4n) is 3.72. The van der Waals surface area contributed by atoms with E-state index < -0.39 is 0 Å². The Morgan fingerprint density at radius 1 is 1.23 bits per heavy atom. The molecule has 158 valence electrons. The van der Waals surface area contributed by atoms with Crippen molar-refractivity contribution in [3.8, 4) is 11.1 Å². The lowest BCUT2D eigenvalue weighted by molar-refractivity contribution is 0.246. The van der Waals surface area contributed by atoms with E-state index in [1.807, 2.05) is 37.3 Å². The highest BCUT2D eigenvalue weighted by Crippen LogP contribution is 2.33. The van der Waals surface area contributed by atoms with Gasteiger partial charge in [-0.25, -0.2) is 4.79 Å². The molecule has 1 aliphatic rings. The third-order valence-electron chi connectivity index (χ3n) is 5.19. The molecule has 2 aromatic rings. The third-order valence-corrected chi connectivity index (χ3v) is 5.19. The summed E-state index contributed by atoms with van der Waals surface area (Å²) in [5.41, 5.74) is 4.08. The molecule has 1 aromatic heterocycles. The lowest BCUT2D eigenvalue weighted by Gasteiger charge is -2.19. The van der Waals surface area contributed by atoms with E-state index in [1.165, 1.54) is 0 Å². The quantitative estimate of drug-likeness (QED) is 0.261. The standard InChI is InChI=1S/C22H28N6O2/c1-3-25-22(29)27-21(23-2)26-19-11-10-16(17-9-6-12-24-14-17)13-18(19)20(28-30)15-7-4-5-8-15/h6,9-15,30H,3-5,7-8H2,1-2H3,(H3,23,25,26,27,29)/b28-20+. The first-order valence-electron chi connectivity index (χ1n) is 10.2. The minimum absolute atomic E-state index is 0.193. The summed E-state index contributed by atoms with van der Waals surface area (Å²) in [4.78, 5) is 20.2. The molecular weight excluding hydrogens is 380 g/mol. The molecule has 1 fully saturated rings. The van der Waals surface area contributed by atoms with Crippen molar-refractivity contribution in [2.75, 3.05) is 18.9 Å². The second kappa shape index (κ2) is 10.4. The Morgan fingerprint density at radius 3 is 2.67 bits per heavy atom. The number of aliphatic imine (C=N–C) groups is 1. The molecule has 3 rings (SSSR count). The van der Waals surface area contributed by atoms with Gasteiger partial charge in [0, 0.05) is 43.0 Å². The molecule has 0 aliphatic heterocycles. The van der Waals surface area contributed by atoms with Crippen molar-refractivity contribution in [3.05, 3.63) is 48.3 Å². The van der Waals surface area contributed by atoms with E-state index in [9.17, 15) is 10.0 Å². The number of hydrogen-bond donors (Lipinski definition) is 4. The number of carbonyl (C=O) groups excluding carboxylic acids is 1. The number of anilines is 1. The predicted molar refractivity (Wildman–Crippen MR) is 119 cm³/mol. The maximum absolute atomic E-state index is 11.9. The molecule has 2 amide bonds. The molecule has 0 radical (unpaired) electrons. The number of nitrogens with zero attached hydrogens (tertiary/aromatic N) is 3. The van der Waals surface area contributed by atoms with Gasteiger partial charge < -0.3 is 15.8 Å². The number of amides is 2. The van der Waals surface area contributed by atoms with Crippen LogP contribution in [-0.2, 0) is 0 Å². The Labute approximate surface area is 176 Å². The fraction of sp³-hybridized carbons (Fsp3) is 0.364.